The molecule has 1 aromatic rings. The van der Waals surface area contributed by atoms with Gasteiger partial charge in [0.1, 0.15) is 0 Å². The minimum atomic E-state index is -0.895. The second-order valence-electron chi connectivity index (χ2n) is 4.10. The van der Waals surface area contributed by atoms with E-state index in [1.165, 1.54) is 7.11 Å². The first-order valence-corrected chi connectivity index (χ1v) is 5.85. The summed E-state index contributed by atoms with van der Waals surface area (Å²) in [4.78, 5) is 12.5. The smallest absolute Gasteiger partial charge is 0.317 e. The summed E-state index contributed by atoms with van der Waals surface area (Å²) in [5.41, 5.74) is 0.815. The Bertz CT molecular complexity index is 421. The number of hydrogen-bond donors (Lipinski definition) is 2. The largest absolute Gasteiger partial charge is 0.504 e. The summed E-state index contributed by atoms with van der Waals surface area (Å²) in [6.07, 6.45) is 0. The molecule has 0 fully saturated rings. The lowest BCUT2D eigenvalue weighted by molar-refractivity contribution is -0.138. The predicted molar refractivity (Wildman–Crippen MR) is 69.4 cm³/mol. The first-order chi connectivity index (χ1) is 9.06. The van der Waals surface area contributed by atoms with Gasteiger partial charge in [-0.2, -0.15) is 0 Å². The predicted octanol–water partition coefficient (Wildman–Crippen LogP) is 0.934. The molecule has 0 spiro atoms. The number of carboxylic acids is 1. The molecule has 0 unspecified atom stereocenters. The zero-order valence-electron chi connectivity index (χ0n) is 11.1. The van der Waals surface area contributed by atoms with Crippen LogP contribution in [0.15, 0.2) is 18.2 Å². The summed E-state index contributed by atoms with van der Waals surface area (Å²) < 4.78 is 9.90. The van der Waals surface area contributed by atoms with Crippen LogP contribution in [0.5, 0.6) is 11.5 Å². The van der Waals surface area contributed by atoms with Gasteiger partial charge >= 0.3 is 5.97 Å². The fourth-order valence-electron chi connectivity index (χ4n) is 1.72. The van der Waals surface area contributed by atoms with Gasteiger partial charge in [-0.25, -0.2) is 0 Å². The molecule has 0 amide bonds. The van der Waals surface area contributed by atoms with E-state index in [1.807, 2.05) is 0 Å². The van der Waals surface area contributed by atoms with E-state index in [-0.39, 0.29) is 12.3 Å². The molecule has 2 N–H and O–H groups in total. The third-order valence-electron chi connectivity index (χ3n) is 2.62. The number of aromatic hydroxyl groups is 1. The van der Waals surface area contributed by atoms with Crippen molar-refractivity contribution in [2.24, 2.45) is 0 Å². The molecule has 0 atom stereocenters. The highest BCUT2D eigenvalue weighted by Crippen LogP contribution is 2.26. The van der Waals surface area contributed by atoms with Crippen molar-refractivity contribution in [1.29, 1.82) is 0 Å². The highest BCUT2D eigenvalue weighted by Gasteiger charge is 2.11. The van der Waals surface area contributed by atoms with E-state index in [0.29, 0.717) is 25.4 Å². The number of ether oxygens (including phenoxy) is 2. The first kappa shape index (κ1) is 15.3. The Hall–Kier alpha value is -1.79. The van der Waals surface area contributed by atoms with Crippen molar-refractivity contribution in [2.45, 2.75) is 6.54 Å². The fraction of sp³-hybridized carbons (Fsp3) is 0.462. The Balaban J connectivity index is 2.71. The molecule has 0 aromatic heterocycles. The Kier molecular flexibility index (Phi) is 6.11. The second-order valence-corrected chi connectivity index (χ2v) is 4.10. The van der Waals surface area contributed by atoms with Crippen LogP contribution in [-0.4, -0.2) is 55.0 Å². The Morgan fingerprint density at radius 2 is 2.11 bits per heavy atom. The monoisotopic (exact) mass is 269 g/mol. The van der Waals surface area contributed by atoms with Crippen LogP contribution in [0.1, 0.15) is 5.56 Å². The van der Waals surface area contributed by atoms with Crippen molar-refractivity contribution in [3.8, 4) is 11.5 Å². The molecular formula is C13H19NO5. The fourth-order valence-corrected chi connectivity index (χ4v) is 1.72. The Labute approximate surface area is 112 Å². The number of aliphatic carboxylic acids is 1. The van der Waals surface area contributed by atoms with Gasteiger partial charge in [-0.15, -0.1) is 0 Å². The summed E-state index contributed by atoms with van der Waals surface area (Å²) in [5, 5.41) is 18.5. The molecule has 6 nitrogen and oxygen atoms in total. The van der Waals surface area contributed by atoms with Gasteiger partial charge in [-0.3, -0.25) is 9.69 Å². The average molecular weight is 269 g/mol. The van der Waals surface area contributed by atoms with Gasteiger partial charge in [0.05, 0.1) is 20.3 Å². The molecule has 0 aliphatic heterocycles. The third-order valence-corrected chi connectivity index (χ3v) is 2.62. The average Bonchev–Trinajstić information content (AvgIpc) is 2.35. The van der Waals surface area contributed by atoms with Crippen molar-refractivity contribution in [2.75, 3.05) is 33.9 Å². The van der Waals surface area contributed by atoms with Crippen LogP contribution < -0.4 is 4.74 Å². The van der Waals surface area contributed by atoms with Crippen LogP contribution in [0.25, 0.3) is 0 Å². The van der Waals surface area contributed by atoms with E-state index in [1.54, 1.807) is 30.2 Å². The summed E-state index contributed by atoms with van der Waals surface area (Å²) in [7, 11) is 3.04. The molecule has 0 saturated carbocycles. The molecule has 1 aromatic carbocycles. The summed E-state index contributed by atoms with van der Waals surface area (Å²) >= 11 is 0. The van der Waals surface area contributed by atoms with Gasteiger partial charge in [0.25, 0.3) is 0 Å². The molecular weight excluding hydrogens is 250 g/mol. The number of methoxy groups -OCH3 is 2. The van der Waals surface area contributed by atoms with Crippen LogP contribution in [-0.2, 0) is 16.1 Å². The van der Waals surface area contributed by atoms with Gasteiger partial charge in [-0.05, 0) is 17.7 Å². The van der Waals surface area contributed by atoms with E-state index in [4.69, 9.17) is 14.6 Å². The molecule has 0 radical (unpaired) electrons. The van der Waals surface area contributed by atoms with Crippen LogP contribution in [0.2, 0.25) is 0 Å². The van der Waals surface area contributed by atoms with Crippen molar-refractivity contribution in [1.82, 2.24) is 4.90 Å². The van der Waals surface area contributed by atoms with Crippen molar-refractivity contribution in [3.05, 3.63) is 23.8 Å². The highest BCUT2D eigenvalue weighted by molar-refractivity contribution is 5.69. The second kappa shape index (κ2) is 7.60. The van der Waals surface area contributed by atoms with Crippen LogP contribution in [0.3, 0.4) is 0 Å². The SMILES string of the molecule is COCCN(CC(=O)O)Cc1ccc(OC)c(O)c1. The van der Waals surface area contributed by atoms with Crippen molar-refractivity contribution >= 4 is 5.97 Å². The third kappa shape index (κ3) is 5.15. The molecule has 0 bridgehead atoms. The molecule has 6 heteroatoms. The lowest BCUT2D eigenvalue weighted by Gasteiger charge is -2.20. The standard InChI is InChI=1S/C13H19NO5/c1-18-6-5-14(9-13(16)17)8-10-3-4-12(19-2)11(15)7-10/h3-4,7,15H,5-6,8-9H2,1-2H3,(H,16,17). The first-order valence-electron chi connectivity index (χ1n) is 5.85. The van der Waals surface area contributed by atoms with Gasteiger partial charge < -0.3 is 19.7 Å². The normalized spacial score (nSPS) is 10.7. The zero-order valence-corrected chi connectivity index (χ0v) is 11.1. The summed E-state index contributed by atoms with van der Waals surface area (Å²) in [6, 6.07) is 5.01. The maximum atomic E-state index is 10.8. The number of carbonyl (C=O) groups is 1. The summed E-state index contributed by atoms with van der Waals surface area (Å²) in [5.74, 6) is -0.457. The molecule has 0 saturated heterocycles. The van der Waals surface area contributed by atoms with Crippen molar-refractivity contribution in [3.63, 3.8) is 0 Å². The van der Waals surface area contributed by atoms with E-state index >= 15 is 0 Å². The maximum absolute atomic E-state index is 10.8. The van der Waals surface area contributed by atoms with Gasteiger partial charge in [-0.1, -0.05) is 6.07 Å². The molecule has 0 heterocycles. The van der Waals surface area contributed by atoms with E-state index < -0.39 is 5.97 Å². The minimum absolute atomic E-state index is 0.0435. The topological polar surface area (TPSA) is 79.2 Å². The quantitative estimate of drug-likeness (QED) is 0.731. The molecule has 1 rings (SSSR count). The minimum Gasteiger partial charge on any atom is -0.504 e. The van der Waals surface area contributed by atoms with Gasteiger partial charge in [0, 0.05) is 20.2 Å². The van der Waals surface area contributed by atoms with Crippen LogP contribution in [0, 0.1) is 0 Å². The number of phenols is 1. The maximum Gasteiger partial charge on any atom is 0.317 e. The summed E-state index contributed by atoms with van der Waals surface area (Å²) in [6.45, 7) is 1.31. The zero-order chi connectivity index (χ0) is 14.3. The number of rotatable bonds is 8. The molecule has 19 heavy (non-hydrogen) atoms. The van der Waals surface area contributed by atoms with E-state index in [0.717, 1.165) is 5.56 Å². The van der Waals surface area contributed by atoms with E-state index in [9.17, 15) is 9.90 Å². The number of nitrogens with zero attached hydrogens (tertiary/aromatic N) is 1. The number of carboxylic acid groups (broad SMARTS) is 1. The molecule has 0 aliphatic rings. The van der Waals surface area contributed by atoms with Gasteiger partial charge in [0.2, 0.25) is 0 Å². The Morgan fingerprint density at radius 3 is 2.63 bits per heavy atom. The van der Waals surface area contributed by atoms with Crippen molar-refractivity contribution < 1.29 is 24.5 Å². The highest BCUT2D eigenvalue weighted by atomic mass is 16.5. The van der Waals surface area contributed by atoms with Crippen LogP contribution in [0.4, 0.5) is 0 Å². The van der Waals surface area contributed by atoms with E-state index in [2.05, 4.69) is 0 Å². The number of hydrogen-bond acceptors (Lipinski definition) is 5. The number of phenolic OH excluding ortho intramolecular Hbond substituents is 1. The van der Waals surface area contributed by atoms with Gasteiger partial charge in [0.15, 0.2) is 11.5 Å². The van der Waals surface area contributed by atoms with Crippen LogP contribution >= 0.6 is 0 Å². The molecule has 106 valence electrons. The lowest BCUT2D eigenvalue weighted by Crippen LogP contribution is -2.32. The molecule has 0 aliphatic carbocycles. The Morgan fingerprint density at radius 1 is 1.37 bits per heavy atom. The lowest BCUT2D eigenvalue weighted by atomic mass is 10.2. The number of benzene rings is 1.